The second-order valence-electron chi connectivity index (χ2n) is 7.05. The highest BCUT2D eigenvalue weighted by molar-refractivity contribution is 5.23. The molecule has 24 heavy (non-hydrogen) atoms. The van der Waals surface area contributed by atoms with Gasteiger partial charge in [-0.15, -0.1) is 0 Å². The van der Waals surface area contributed by atoms with Crippen molar-refractivity contribution in [3.8, 4) is 5.75 Å². The van der Waals surface area contributed by atoms with Gasteiger partial charge in [0.1, 0.15) is 5.75 Å². The van der Waals surface area contributed by atoms with E-state index >= 15 is 0 Å². The normalized spacial score (nSPS) is 16.7. The molecule has 0 amide bonds. The first kappa shape index (κ1) is 19.1. The fourth-order valence-electron chi connectivity index (χ4n) is 2.96. The molecule has 136 valence electrons. The van der Waals surface area contributed by atoms with Crippen LogP contribution in [0.15, 0.2) is 18.2 Å². The van der Waals surface area contributed by atoms with Gasteiger partial charge in [0.05, 0.1) is 6.61 Å². The van der Waals surface area contributed by atoms with E-state index in [4.69, 9.17) is 4.74 Å². The third kappa shape index (κ3) is 6.73. The number of halogens is 2. The van der Waals surface area contributed by atoms with Gasteiger partial charge in [-0.05, 0) is 69.9 Å². The molecule has 2 rings (SSSR count). The Labute approximate surface area is 144 Å². The average Bonchev–Trinajstić information content (AvgIpc) is 2.57. The first-order valence-corrected chi connectivity index (χ1v) is 9.08. The van der Waals surface area contributed by atoms with E-state index in [2.05, 4.69) is 24.1 Å². The molecule has 1 N–H and O–H groups in total. The summed E-state index contributed by atoms with van der Waals surface area (Å²) in [5.41, 5.74) is 0. The van der Waals surface area contributed by atoms with E-state index in [-0.39, 0.29) is 0 Å². The van der Waals surface area contributed by atoms with Gasteiger partial charge in [0.15, 0.2) is 11.6 Å². The van der Waals surface area contributed by atoms with Gasteiger partial charge in [-0.1, -0.05) is 13.8 Å². The van der Waals surface area contributed by atoms with Crippen LogP contribution in [0.25, 0.3) is 0 Å². The molecule has 1 aliphatic rings. The first-order chi connectivity index (χ1) is 11.5. The van der Waals surface area contributed by atoms with Crippen molar-refractivity contribution in [2.24, 2.45) is 5.92 Å². The molecule has 1 aliphatic heterocycles. The van der Waals surface area contributed by atoms with Crippen LogP contribution in [0.1, 0.15) is 39.5 Å². The first-order valence-electron chi connectivity index (χ1n) is 9.08. The number of rotatable bonds is 9. The zero-order valence-corrected chi connectivity index (χ0v) is 14.9. The zero-order valence-electron chi connectivity index (χ0n) is 14.9. The fraction of sp³-hybridized carbons (Fsp3) is 0.684. The monoisotopic (exact) mass is 340 g/mol. The number of nitrogens with one attached hydrogen (secondary N) is 1. The molecule has 1 fully saturated rings. The van der Waals surface area contributed by atoms with Crippen LogP contribution in [0, 0.1) is 17.6 Å². The standard InChI is InChI=1S/C19H30F2N2O/c1-15(2)14-22-16-7-10-23(11-8-16)9-3-4-12-24-17-5-6-18(20)19(21)13-17/h5-6,13,15-16,22H,3-4,7-12,14H2,1-2H3. The predicted octanol–water partition coefficient (Wildman–Crippen LogP) is 3.83. The minimum absolute atomic E-state index is 0.394. The third-order valence-electron chi connectivity index (χ3n) is 4.43. The van der Waals surface area contributed by atoms with Crippen molar-refractivity contribution in [2.75, 3.05) is 32.8 Å². The number of hydrogen-bond acceptors (Lipinski definition) is 3. The quantitative estimate of drug-likeness (QED) is 0.692. The van der Waals surface area contributed by atoms with Crippen molar-refractivity contribution < 1.29 is 13.5 Å². The van der Waals surface area contributed by atoms with Crippen LogP contribution in [0.5, 0.6) is 5.75 Å². The molecule has 0 unspecified atom stereocenters. The minimum atomic E-state index is -0.860. The van der Waals surface area contributed by atoms with Crippen LogP contribution in [-0.4, -0.2) is 43.7 Å². The summed E-state index contributed by atoms with van der Waals surface area (Å²) in [6.07, 6.45) is 4.43. The zero-order chi connectivity index (χ0) is 17.4. The summed E-state index contributed by atoms with van der Waals surface area (Å²) in [5, 5.41) is 3.64. The maximum Gasteiger partial charge on any atom is 0.162 e. The Morgan fingerprint density at radius 3 is 2.58 bits per heavy atom. The van der Waals surface area contributed by atoms with Gasteiger partial charge in [0.25, 0.3) is 0 Å². The van der Waals surface area contributed by atoms with Crippen molar-refractivity contribution in [1.29, 1.82) is 0 Å². The van der Waals surface area contributed by atoms with Gasteiger partial charge in [0.2, 0.25) is 0 Å². The number of benzene rings is 1. The van der Waals surface area contributed by atoms with E-state index in [1.807, 2.05) is 0 Å². The highest BCUT2D eigenvalue weighted by Gasteiger charge is 2.18. The summed E-state index contributed by atoms with van der Waals surface area (Å²) in [6, 6.07) is 4.33. The second kappa shape index (κ2) is 9.94. The van der Waals surface area contributed by atoms with Crippen LogP contribution in [0.4, 0.5) is 8.78 Å². The lowest BCUT2D eigenvalue weighted by Gasteiger charge is -2.32. The maximum atomic E-state index is 13.1. The van der Waals surface area contributed by atoms with E-state index in [1.54, 1.807) is 0 Å². The second-order valence-corrected chi connectivity index (χ2v) is 7.05. The Morgan fingerprint density at radius 2 is 1.92 bits per heavy atom. The Balaban J connectivity index is 1.53. The lowest BCUT2D eigenvalue weighted by molar-refractivity contribution is 0.188. The molecule has 0 spiro atoms. The highest BCUT2D eigenvalue weighted by atomic mass is 19.2. The summed E-state index contributed by atoms with van der Waals surface area (Å²) < 4.78 is 31.4. The molecule has 5 heteroatoms. The number of nitrogens with zero attached hydrogens (tertiary/aromatic N) is 1. The maximum absolute atomic E-state index is 13.1. The summed E-state index contributed by atoms with van der Waals surface area (Å²) in [6.45, 7) is 9.51. The Bertz CT molecular complexity index is 488. The van der Waals surface area contributed by atoms with Crippen molar-refractivity contribution in [1.82, 2.24) is 10.2 Å². The number of ether oxygens (including phenoxy) is 1. The van der Waals surface area contributed by atoms with Crippen molar-refractivity contribution >= 4 is 0 Å². The van der Waals surface area contributed by atoms with E-state index in [0.29, 0.717) is 24.3 Å². The van der Waals surface area contributed by atoms with Gasteiger partial charge in [-0.25, -0.2) is 8.78 Å². The molecule has 0 bridgehead atoms. The molecule has 0 saturated carbocycles. The molecular weight excluding hydrogens is 310 g/mol. The highest BCUT2D eigenvalue weighted by Crippen LogP contribution is 2.16. The van der Waals surface area contributed by atoms with Crippen LogP contribution < -0.4 is 10.1 Å². The Morgan fingerprint density at radius 1 is 1.17 bits per heavy atom. The molecular formula is C19H30F2N2O. The van der Waals surface area contributed by atoms with Crippen LogP contribution in [0.2, 0.25) is 0 Å². The molecule has 1 heterocycles. The number of unbranched alkanes of at least 4 members (excludes halogenated alkanes) is 1. The van der Waals surface area contributed by atoms with Crippen LogP contribution >= 0.6 is 0 Å². The lowest BCUT2D eigenvalue weighted by Crippen LogP contribution is -2.43. The SMILES string of the molecule is CC(C)CNC1CCN(CCCCOc2ccc(F)c(F)c2)CC1. The molecule has 0 aliphatic carbocycles. The Hall–Kier alpha value is -1.20. The molecule has 0 radical (unpaired) electrons. The average molecular weight is 340 g/mol. The summed E-state index contributed by atoms with van der Waals surface area (Å²) >= 11 is 0. The summed E-state index contributed by atoms with van der Waals surface area (Å²) in [5.74, 6) is -0.598. The van der Waals surface area contributed by atoms with Crippen molar-refractivity contribution in [3.05, 3.63) is 29.8 Å². The number of piperidine rings is 1. The third-order valence-corrected chi connectivity index (χ3v) is 4.43. The molecule has 1 aromatic carbocycles. The van der Waals surface area contributed by atoms with E-state index < -0.39 is 11.6 Å². The van der Waals surface area contributed by atoms with Gasteiger partial charge in [-0.3, -0.25) is 0 Å². The van der Waals surface area contributed by atoms with Crippen molar-refractivity contribution in [3.63, 3.8) is 0 Å². The molecule has 1 aromatic rings. The molecule has 0 aromatic heterocycles. The van der Waals surface area contributed by atoms with Gasteiger partial charge in [0, 0.05) is 12.1 Å². The Kier molecular flexibility index (Phi) is 7.92. The predicted molar refractivity (Wildman–Crippen MR) is 93.4 cm³/mol. The van der Waals surface area contributed by atoms with Gasteiger partial charge >= 0.3 is 0 Å². The molecule has 1 saturated heterocycles. The summed E-state index contributed by atoms with van der Waals surface area (Å²) in [4.78, 5) is 2.51. The minimum Gasteiger partial charge on any atom is -0.493 e. The van der Waals surface area contributed by atoms with Gasteiger partial charge < -0.3 is 15.0 Å². The van der Waals surface area contributed by atoms with Crippen molar-refractivity contribution in [2.45, 2.75) is 45.6 Å². The smallest absolute Gasteiger partial charge is 0.162 e. The van der Waals surface area contributed by atoms with E-state index in [0.717, 1.165) is 51.2 Å². The van der Waals surface area contributed by atoms with E-state index in [9.17, 15) is 8.78 Å². The fourth-order valence-corrected chi connectivity index (χ4v) is 2.96. The lowest BCUT2D eigenvalue weighted by atomic mass is 10.0. The molecule has 3 nitrogen and oxygen atoms in total. The molecule has 0 atom stereocenters. The topological polar surface area (TPSA) is 24.5 Å². The van der Waals surface area contributed by atoms with Crippen LogP contribution in [-0.2, 0) is 0 Å². The van der Waals surface area contributed by atoms with E-state index in [1.165, 1.54) is 18.9 Å². The number of hydrogen-bond donors (Lipinski definition) is 1. The van der Waals surface area contributed by atoms with Crippen LogP contribution in [0.3, 0.4) is 0 Å². The summed E-state index contributed by atoms with van der Waals surface area (Å²) in [7, 11) is 0. The number of likely N-dealkylation sites (tertiary alicyclic amines) is 1. The van der Waals surface area contributed by atoms with Gasteiger partial charge in [-0.2, -0.15) is 0 Å². The largest absolute Gasteiger partial charge is 0.493 e.